The molecule has 35 heavy (non-hydrogen) atoms. The van der Waals surface area contributed by atoms with Crippen LogP contribution in [-0.2, 0) is 9.59 Å². The molecular weight excluding hydrogens is 448 g/mol. The third-order valence-corrected chi connectivity index (χ3v) is 6.38. The summed E-state index contributed by atoms with van der Waals surface area (Å²) in [6, 6.07) is 15.0. The Bertz CT molecular complexity index is 1210. The molecule has 1 fully saturated rings. The van der Waals surface area contributed by atoms with Crippen LogP contribution >= 0.6 is 0 Å². The number of Topliss-reactive ketones (excluding diaryl/α,β-unsaturated/α-hetero) is 1. The highest BCUT2D eigenvalue weighted by Gasteiger charge is 2.35. The summed E-state index contributed by atoms with van der Waals surface area (Å²) < 4.78 is 0. The fourth-order valence-electron chi connectivity index (χ4n) is 4.56. The van der Waals surface area contributed by atoms with E-state index in [0.29, 0.717) is 17.5 Å². The zero-order valence-corrected chi connectivity index (χ0v) is 19.3. The van der Waals surface area contributed by atoms with E-state index in [4.69, 9.17) is 0 Å². The second-order valence-electron chi connectivity index (χ2n) is 8.76. The van der Waals surface area contributed by atoms with Gasteiger partial charge in [-0.05, 0) is 43.4 Å². The average Bonchev–Trinajstić information content (AvgIpc) is 3.09. The quantitative estimate of drug-likeness (QED) is 0.356. The van der Waals surface area contributed by atoms with Gasteiger partial charge in [0.25, 0.3) is 11.8 Å². The number of imide groups is 1. The van der Waals surface area contributed by atoms with E-state index in [-0.39, 0.29) is 66.4 Å². The lowest BCUT2D eigenvalue weighted by molar-refractivity contribution is -0.138. The summed E-state index contributed by atoms with van der Waals surface area (Å²) in [4.78, 5) is 55.0. The molecule has 2 amide bonds. The molecule has 2 aliphatic rings. The van der Waals surface area contributed by atoms with Crippen molar-refractivity contribution >= 4 is 29.3 Å². The lowest BCUT2D eigenvalue weighted by Crippen LogP contribution is -2.31. The van der Waals surface area contributed by atoms with Crippen molar-refractivity contribution in [2.24, 2.45) is 4.99 Å². The minimum absolute atomic E-state index is 0.0466. The first-order valence-electron chi connectivity index (χ1n) is 11.5. The molecule has 0 saturated heterocycles. The van der Waals surface area contributed by atoms with E-state index in [1.807, 2.05) is 30.3 Å². The molecule has 4 rings (SSSR count). The fourth-order valence-corrected chi connectivity index (χ4v) is 4.56. The van der Waals surface area contributed by atoms with Gasteiger partial charge in [0.2, 0.25) is 0 Å². The van der Waals surface area contributed by atoms with E-state index in [0.717, 1.165) is 10.5 Å². The number of hydrogen-bond donors (Lipinski definition) is 2. The molecule has 2 aromatic carbocycles. The number of carbonyl (C=O) groups is 4. The number of aliphatic carboxylic acids is 1. The molecule has 180 valence electrons. The van der Waals surface area contributed by atoms with Crippen LogP contribution in [0.2, 0.25) is 0 Å². The molecule has 0 aromatic heterocycles. The van der Waals surface area contributed by atoms with Crippen molar-refractivity contribution < 1.29 is 29.4 Å². The van der Waals surface area contributed by atoms with Gasteiger partial charge in [-0.25, -0.2) is 4.79 Å². The SMILES string of the molecule is CC(N=C1CC(c2ccccc2)CC(=O)/C1=C(/O)CCCN1C(=O)c2ccccc2C1=O)C(=O)O. The summed E-state index contributed by atoms with van der Waals surface area (Å²) in [6.07, 6.45) is 0.788. The van der Waals surface area contributed by atoms with Crippen LogP contribution in [0, 0.1) is 0 Å². The molecule has 1 aliphatic carbocycles. The smallest absolute Gasteiger partial charge is 0.328 e. The molecule has 2 N–H and O–H groups in total. The minimum Gasteiger partial charge on any atom is -0.511 e. The Morgan fingerprint density at radius 2 is 1.57 bits per heavy atom. The number of hydrogen-bond acceptors (Lipinski definition) is 6. The van der Waals surface area contributed by atoms with Crippen LogP contribution in [0.4, 0.5) is 0 Å². The van der Waals surface area contributed by atoms with Crippen LogP contribution in [0.5, 0.6) is 0 Å². The zero-order valence-electron chi connectivity index (χ0n) is 19.3. The predicted molar refractivity (Wildman–Crippen MR) is 129 cm³/mol. The van der Waals surface area contributed by atoms with E-state index in [1.54, 1.807) is 24.3 Å². The van der Waals surface area contributed by atoms with Crippen LogP contribution in [0.25, 0.3) is 0 Å². The minimum atomic E-state index is -1.13. The number of aliphatic hydroxyl groups is 1. The molecule has 0 radical (unpaired) electrons. The van der Waals surface area contributed by atoms with Crippen LogP contribution in [0.1, 0.15) is 64.8 Å². The van der Waals surface area contributed by atoms with Gasteiger partial charge in [0.05, 0.1) is 22.4 Å². The third kappa shape index (κ3) is 4.91. The van der Waals surface area contributed by atoms with Gasteiger partial charge >= 0.3 is 5.97 Å². The largest absolute Gasteiger partial charge is 0.511 e. The van der Waals surface area contributed by atoms with Gasteiger partial charge in [-0.1, -0.05) is 42.5 Å². The van der Waals surface area contributed by atoms with Crippen LogP contribution in [0.3, 0.4) is 0 Å². The number of rotatable bonds is 7. The highest BCUT2D eigenvalue weighted by atomic mass is 16.4. The monoisotopic (exact) mass is 474 g/mol. The third-order valence-electron chi connectivity index (χ3n) is 6.38. The lowest BCUT2D eigenvalue weighted by Gasteiger charge is -2.26. The van der Waals surface area contributed by atoms with Crippen molar-refractivity contribution in [2.75, 3.05) is 6.54 Å². The number of carboxylic acid groups (broad SMARTS) is 1. The van der Waals surface area contributed by atoms with E-state index in [1.165, 1.54) is 6.92 Å². The predicted octanol–water partition coefficient (Wildman–Crippen LogP) is 3.94. The van der Waals surface area contributed by atoms with Gasteiger partial charge in [-0.2, -0.15) is 0 Å². The Balaban J connectivity index is 1.52. The standard InChI is InChI=1S/C27H26N2O6/c1-16(27(34)35)28-21-14-18(17-8-3-2-4-9-17)15-23(31)24(21)22(30)12-7-13-29-25(32)19-10-5-6-11-20(19)26(29)33/h2-6,8-11,16,18,30H,7,12-15H2,1H3,(H,34,35)/b24-22+,28-21?. The normalized spacial score (nSPS) is 21.3. The summed E-state index contributed by atoms with van der Waals surface area (Å²) in [7, 11) is 0. The molecule has 2 unspecified atom stereocenters. The number of aliphatic imine (C=N–C) groups is 1. The number of benzene rings is 2. The van der Waals surface area contributed by atoms with Crippen LogP contribution < -0.4 is 0 Å². The summed E-state index contributed by atoms with van der Waals surface area (Å²) in [5.41, 5.74) is 1.97. The molecule has 8 heteroatoms. The molecule has 8 nitrogen and oxygen atoms in total. The number of allylic oxidation sites excluding steroid dienone is 2. The van der Waals surface area contributed by atoms with Crippen LogP contribution in [0.15, 0.2) is 70.9 Å². The van der Waals surface area contributed by atoms with E-state index < -0.39 is 12.0 Å². The second kappa shape index (κ2) is 10.0. The molecule has 0 spiro atoms. The first-order valence-corrected chi connectivity index (χ1v) is 11.5. The number of fused-ring (bicyclic) bond motifs is 1. The zero-order chi connectivity index (χ0) is 25.1. The Morgan fingerprint density at radius 1 is 0.971 bits per heavy atom. The maximum Gasteiger partial charge on any atom is 0.328 e. The maximum atomic E-state index is 13.1. The molecule has 1 aliphatic heterocycles. The number of aliphatic hydroxyl groups excluding tert-OH is 1. The molecule has 0 bridgehead atoms. The van der Waals surface area contributed by atoms with Gasteiger partial charge in [-0.3, -0.25) is 24.3 Å². The van der Waals surface area contributed by atoms with Gasteiger partial charge in [0, 0.05) is 19.4 Å². The second-order valence-corrected chi connectivity index (χ2v) is 8.76. The number of carbonyl (C=O) groups excluding carboxylic acids is 3. The molecule has 1 saturated carbocycles. The van der Waals surface area contributed by atoms with Gasteiger partial charge in [0.15, 0.2) is 5.78 Å². The Labute approximate surface area is 202 Å². The fraction of sp³-hybridized carbons (Fsp3) is 0.296. The summed E-state index contributed by atoms with van der Waals surface area (Å²) >= 11 is 0. The number of ketones is 1. The first kappa shape index (κ1) is 24.1. The summed E-state index contributed by atoms with van der Waals surface area (Å²) in [6.45, 7) is 1.51. The Kier molecular flexibility index (Phi) is 6.91. The number of amides is 2. The molecule has 1 heterocycles. The summed E-state index contributed by atoms with van der Waals surface area (Å²) in [5, 5.41) is 20.2. The van der Waals surface area contributed by atoms with Gasteiger partial charge in [-0.15, -0.1) is 0 Å². The van der Waals surface area contributed by atoms with Gasteiger partial charge < -0.3 is 10.2 Å². The molecule has 2 aromatic rings. The topological polar surface area (TPSA) is 124 Å². The van der Waals surface area contributed by atoms with Crippen molar-refractivity contribution in [3.05, 3.63) is 82.6 Å². The van der Waals surface area contributed by atoms with Crippen molar-refractivity contribution in [2.45, 2.75) is 44.6 Å². The van der Waals surface area contributed by atoms with E-state index in [2.05, 4.69) is 4.99 Å². The van der Waals surface area contributed by atoms with E-state index >= 15 is 0 Å². The van der Waals surface area contributed by atoms with E-state index in [9.17, 15) is 29.4 Å². The number of nitrogens with zero attached hydrogens (tertiary/aromatic N) is 2. The maximum absolute atomic E-state index is 13.1. The highest BCUT2D eigenvalue weighted by Crippen LogP contribution is 2.34. The lowest BCUT2D eigenvalue weighted by atomic mass is 9.78. The average molecular weight is 475 g/mol. The van der Waals surface area contributed by atoms with Gasteiger partial charge in [0.1, 0.15) is 11.8 Å². The summed E-state index contributed by atoms with van der Waals surface area (Å²) in [5.74, 6) is -2.56. The molecule has 2 atom stereocenters. The first-order chi connectivity index (χ1) is 16.8. The van der Waals surface area contributed by atoms with Crippen molar-refractivity contribution in [1.82, 2.24) is 4.90 Å². The van der Waals surface area contributed by atoms with Crippen molar-refractivity contribution in [3.8, 4) is 0 Å². The van der Waals surface area contributed by atoms with Crippen LogP contribution in [-0.4, -0.2) is 57.0 Å². The highest BCUT2D eigenvalue weighted by molar-refractivity contribution is 6.25. The van der Waals surface area contributed by atoms with Crippen molar-refractivity contribution in [3.63, 3.8) is 0 Å². The Morgan fingerprint density at radius 3 is 2.17 bits per heavy atom. The van der Waals surface area contributed by atoms with Crippen molar-refractivity contribution in [1.29, 1.82) is 0 Å². The Hall–Kier alpha value is -4.07. The molecular formula is C27H26N2O6. The number of carboxylic acids is 1.